The second-order valence-corrected chi connectivity index (χ2v) is 5.65. The summed E-state index contributed by atoms with van der Waals surface area (Å²) >= 11 is 5.81. The number of nitrogens with zero attached hydrogens (tertiary/aromatic N) is 3. The molecular weight excluding hydrogens is 360 g/mol. The van der Waals surface area contributed by atoms with Crippen molar-refractivity contribution in [2.24, 2.45) is 10.1 Å². The van der Waals surface area contributed by atoms with Gasteiger partial charge in [-0.1, -0.05) is 29.8 Å². The number of furan rings is 1. The number of amidine groups is 1. The summed E-state index contributed by atoms with van der Waals surface area (Å²) in [4.78, 5) is 14.5. The Labute approximate surface area is 152 Å². The fraction of sp³-hybridized carbons (Fsp3) is 0.0588. The van der Waals surface area contributed by atoms with Gasteiger partial charge in [-0.3, -0.25) is 15.5 Å². The molecule has 0 radical (unpaired) electrons. The smallest absolute Gasteiger partial charge is 0.290 e. The average Bonchev–Trinajstić information content (AvgIpc) is 2.93. The van der Waals surface area contributed by atoms with E-state index in [1.165, 1.54) is 6.21 Å². The summed E-state index contributed by atoms with van der Waals surface area (Å²) in [6.07, 6.45) is 1.32. The molecule has 3 aromatic rings. The number of nitro groups is 1. The molecule has 0 amide bonds. The van der Waals surface area contributed by atoms with Crippen LogP contribution in [0.3, 0.4) is 0 Å². The van der Waals surface area contributed by atoms with Crippen LogP contribution in [0.15, 0.2) is 63.0 Å². The van der Waals surface area contributed by atoms with Gasteiger partial charge in [0.2, 0.25) is 0 Å². The molecule has 2 aromatic carbocycles. The number of fused-ring (bicyclic) bond motifs is 1. The van der Waals surface area contributed by atoms with E-state index in [4.69, 9.17) is 16.0 Å². The van der Waals surface area contributed by atoms with Crippen molar-refractivity contribution in [3.05, 3.63) is 69.4 Å². The molecule has 0 saturated carbocycles. The van der Waals surface area contributed by atoms with Crippen molar-refractivity contribution in [3.63, 3.8) is 0 Å². The molecule has 0 bridgehead atoms. The van der Waals surface area contributed by atoms with E-state index in [2.05, 4.69) is 15.5 Å². The quantitative estimate of drug-likeness (QED) is 0.306. The van der Waals surface area contributed by atoms with Crippen LogP contribution in [0.1, 0.15) is 5.76 Å². The molecule has 9 heteroatoms. The van der Waals surface area contributed by atoms with Gasteiger partial charge in [-0.2, -0.15) is 5.10 Å². The highest BCUT2D eigenvalue weighted by Gasteiger charge is 2.11. The van der Waals surface area contributed by atoms with E-state index in [-0.39, 0.29) is 11.8 Å². The SMILES string of the molecule is O=[N+]([O-])CC(=Nc1ccc(Cl)cc1)N/N=C/c1oc(O)c2ccccc12. The van der Waals surface area contributed by atoms with Crippen molar-refractivity contribution in [3.8, 4) is 5.95 Å². The van der Waals surface area contributed by atoms with Gasteiger partial charge in [0.1, 0.15) is 0 Å². The monoisotopic (exact) mass is 372 g/mol. The fourth-order valence-corrected chi connectivity index (χ4v) is 2.38. The maximum Gasteiger partial charge on any atom is 0.290 e. The lowest BCUT2D eigenvalue weighted by atomic mass is 10.2. The van der Waals surface area contributed by atoms with Crippen LogP contribution in [-0.4, -0.2) is 28.6 Å². The van der Waals surface area contributed by atoms with Gasteiger partial charge >= 0.3 is 0 Å². The molecule has 26 heavy (non-hydrogen) atoms. The van der Waals surface area contributed by atoms with Crippen LogP contribution in [0.5, 0.6) is 5.95 Å². The highest BCUT2D eigenvalue weighted by molar-refractivity contribution is 6.30. The highest BCUT2D eigenvalue weighted by atomic mass is 35.5. The molecule has 8 nitrogen and oxygen atoms in total. The maximum absolute atomic E-state index is 10.8. The molecule has 132 valence electrons. The normalized spacial score (nSPS) is 12.0. The minimum atomic E-state index is -0.538. The first kappa shape index (κ1) is 17.4. The van der Waals surface area contributed by atoms with E-state index in [0.717, 1.165) is 0 Å². The number of halogens is 1. The summed E-state index contributed by atoms with van der Waals surface area (Å²) < 4.78 is 5.24. The summed E-state index contributed by atoms with van der Waals surface area (Å²) in [5.74, 6) is 0.133. The van der Waals surface area contributed by atoms with E-state index in [1.54, 1.807) is 48.5 Å². The van der Waals surface area contributed by atoms with Crippen LogP contribution in [0.25, 0.3) is 10.8 Å². The third-order valence-electron chi connectivity index (χ3n) is 3.37. The number of hydrogen-bond donors (Lipinski definition) is 2. The molecule has 0 spiro atoms. The number of benzene rings is 2. The number of aliphatic imine (C=N–C) groups is 1. The van der Waals surface area contributed by atoms with Crippen LogP contribution in [0.2, 0.25) is 5.02 Å². The Bertz CT molecular complexity index is 996. The Morgan fingerprint density at radius 1 is 1.23 bits per heavy atom. The van der Waals surface area contributed by atoms with Crippen LogP contribution >= 0.6 is 11.6 Å². The van der Waals surface area contributed by atoms with Crippen molar-refractivity contribution in [2.75, 3.05) is 6.54 Å². The molecule has 0 atom stereocenters. The van der Waals surface area contributed by atoms with E-state index in [1.807, 2.05) is 0 Å². The number of rotatable bonds is 5. The summed E-state index contributed by atoms with van der Waals surface area (Å²) in [5, 5.41) is 26.3. The standard InChI is InChI=1S/C17H13ClN4O4/c18-11-5-7-12(8-6-11)20-16(10-22(24)25)21-19-9-15-13-3-1-2-4-14(13)17(23)26-15/h1-9,23H,10H2,(H,20,21)/b19-9+. The van der Waals surface area contributed by atoms with Gasteiger partial charge in [-0.25, -0.2) is 4.99 Å². The molecule has 2 N–H and O–H groups in total. The van der Waals surface area contributed by atoms with E-state index >= 15 is 0 Å². The van der Waals surface area contributed by atoms with Crippen LogP contribution in [-0.2, 0) is 0 Å². The molecule has 0 aliphatic rings. The number of aromatic hydroxyl groups is 1. The van der Waals surface area contributed by atoms with Crippen molar-refractivity contribution in [2.45, 2.75) is 0 Å². The fourth-order valence-electron chi connectivity index (χ4n) is 2.25. The predicted octanol–water partition coefficient (Wildman–Crippen LogP) is 3.72. The predicted molar refractivity (Wildman–Crippen MR) is 99.0 cm³/mol. The first-order chi connectivity index (χ1) is 12.5. The third-order valence-corrected chi connectivity index (χ3v) is 3.63. The minimum Gasteiger partial charge on any atom is -0.480 e. The Morgan fingerprint density at radius 3 is 2.62 bits per heavy atom. The Balaban J connectivity index is 1.81. The van der Waals surface area contributed by atoms with Crippen LogP contribution in [0.4, 0.5) is 5.69 Å². The summed E-state index contributed by atoms with van der Waals surface area (Å²) in [7, 11) is 0. The van der Waals surface area contributed by atoms with Crippen molar-refractivity contribution >= 4 is 40.1 Å². The average molecular weight is 373 g/mol. The second-order valence-electron chi connectivity index (χ2n) is 5.21. The maximum atomic E-state index is 10.8. The topological polar surface area (TPSA) is 113 Å². The van der Waals surface area contributed by atoms with Gasteiger partial charge in [0.25, 0.3) is 12.5 Å². The number of nitrogens with one attached hydrogen (secondary N) is 1. The van der Waals surface area contributed by atoms with Gasteiger partial charge in [0.15, 0.2) is 11.6 Å². The van der Waals surface area contributed by atoms with Gasteiger partial charge in [0.05, 0.1) is 17.3 Å². The minimum absolute atomic E-state index is 0.0358. The molecule has 1 aromatic heterocycles. The van der Waals surface area contributed by atoms with Crippen LogP contribution in [0, 0.1) is 10.1 Å². The Hall–Kier alpha value is -3.39. The molecule has 0 aliphatic heterocycles. The van der Waals surface area contributed by atoms with Crippen molar-refractivity contribution < 1.29 is 14.4 Å². The molecule has 3 rings (SSSR count). The van der Waals surface area contributed by atoms with E-state index in [0.29, 0.717) is 27.2 Å². The molecule has 0 fully saturated rings. The molecule has 0 aliphatic carbocycles. The lowest BCUT2D eigenvalue weighted by Crippen LogP contribution is -2.26. The van der Waals surface area contributed by atoms with Crippen LogP contribution < -0.4 is 5.43 Å². The third kappa shape index (κ3) is 4.17. The van der Waals surface area contributed by atoms with Gasteiger partial charge in [-0.05, 0) is 30.3 Å². The first-order valence-electron chi connectivity index (χ1n) is 7.47. The highest BCUT2D eigenvalue weighted by Crippen LogP contribution is 2.29. The summed E-state index contributed by atoms with van der Waals surface area (Å²) in [5.41, 5.74) is 3.04. The van der Waals surface area contributed by atoms with Crippen molar-refractivity contribution in [1.82, 2.24) is 5.43 Å². The van der Waals surface area contributed by atoms with Crippen molar-refractivity contribution in [1.29, 1.82) is 0 Å². The largest absolute Gasteiger partial charge is 0.480 e. The zero-order valence-corrected chi connectivity index (χ0v) is 14.1. The summed E-state index contributed by atoms with van der Waals surface area (Å²) in [6, 6.07) is 13.6. The molecule has 0 unspecified atom stereocenters. The van der Waals surface area contributed by atoms with E-state index < -0.39 is 11.5 Å². The molecule has 1 heterocycles. The number of hydrogen-bond acceptors (Lipinski definition) is 6. The molecular formula is C17H13ClN4O4. The zero-order chi connectivity index (χ0) is 18.5. The van der Waals surface area contributed by atoms with Gasteiger partial charge in [0, 0.05) is 15.3 Å². The summed E-state index contributed by atoms with van der Waals surface area (Å²) in [6.45, 7) is -0.538. The molecule has 0 saturated heterocycles. The number of hydrazone groups is 1. The lowest BCUT2D eigenvalue weighted by Gasteiger charge is -2.01. The van der Waals surface area contributed by atoms with Gasteiger partial charge < -0.3 is 9.52 Å². The second kappa shape index (κ2) is 7.66. The lowest BCUT2D eigenvalue weighted by molar-refractivity contribution is -0.463. The zero-order valence-electron chi connectivity index (χ0n) is 13.3. The van der Waals surface area contributed by atoms with Gasteiger partial charge in [-0.15, -0.1) is 0 Å². The first-order valence-corrected chi connectivity index (χ1v) is 7.85. The Kier molecular flexibility index (Phi) is 5.14. The van der Waals surface area contributed by atoms with E-state index in [9.17, 15) is 15.2 Å². The Morgan fingerprint density at radius 2 is 1.92 bits per heavy atom.